The smallest absolute Gasteiger partial charge is 0.244 e. The fourth-order valence-electron chi connectivity index (χ4n) is 4.73. The lowest BCUT2D eigenvalue weighted by molar-refractivity contribution is 0.328. The number of benzene rings is 2. The van der Waals surface area contributed by atoms with Crippen molar-refractivity contribution in [1.29, 1.82) is 0 Å². The highest BCUT2D eigenvalue weighted by Gasteiger charge is 2.36. The summed E-state index contributed by atoms with van der Waals surface area (Å²) in [4.78, 5) is 2.32. The van der Waals surface area contributed by atoms with E-state index in [1.807, 2.05) is 0 Å². The van der Waals surface area contributed by atoms with Gasteiger partial charge in [-0.25, -0.2) is 13.7 Å². The Morgan fingerprint density at radius 1 is 1.09 bits per heavy atom. The summed E-state index contributed by atoms with van der Waals surface area (Å²) in [5.41, 5.74) is 5.14. The Kier molecular flexibility index (Phi) is 6.37. The normalized spacial score (nSPS) is 19.3. The van der Waals surface area contributed by atoms with Crippen LogP contribution in [0.5, 0.6) is 0 Å². The van der Waals surface area contributed by atoms with E-state index in [9.17, 15) is 8.42 Å². The topological polar surface area (TPSA) is 80.8 Å². The standard InChI is InChI=1S/C24H25Cl2N4O3S/c1-15-3-6-21(16(2)11-15)29-10-8-27-20(14-29)24-18-13-30(9-7-22(18)33-28-24)34(31,32)23-12-17(25)4-5-19(23)26/h3-6,11-12,20H,7-10,13-14H2,1-2H3. The molecule has 0 bridgehead atoms. The summed E-state index contributed by atoms with van der Waals surface area (Å²) >= 11 is 12.3. The van der Waals surface area contributed by atoms with E-state index in [2.05, 4.69) is 42.1 Å². The van der Waals surface area contributed by atoms with Crippen LogP contribution in [0.15, 0.2) is 45.8 Å². The molecular weight excluding hydrogens is 495 g/mol. The number of hydrogen-bond acceptors (Lipinski definition) is 5. The van der Waals surface area contributed by atoms with Crippen LogP contribution in [0.3, 0.4) is 0 Å². The molecule has 2 aliphatic rings. The van der Waals surface area contributed by atoms with Crippen molar-refractivity contribution in [3.8, 4) is 0 Å². The van der Waals surface area contributed by atoms with Gasteiger partial charge in [-0.15, -0.1) is 0 Å². The number of fused-ring (bicyclic) bond motifs is 1. The van der Waals surface area contributed by atoms with Crippen molar-refractivity contribution < 1.29 is 12.9 Å². The fraction of sp³-hybridized carbons (Fsp3) is 0.375. The quantitative estimate of drug-likeness (QED) is 0.506. The molecule has 7 nitrogen and oxygen atoms in total. The van der Waals surface area contributed by atoms with E-state index in [1.165, 1.54) is 33.3 Å². The van der Waals surface area contributed by atoms with E-state index < -0.39 is 10.0 Å². The average molecular weight is 520 g/mol. The van der Waals surface area contributed by atoms with Crippen LogP contribution >= 0.6 is 23.2 Å². The molecule has 0 spiro atoms. The van der Waals surface area contributed by atoms with Gasteiger partial charge in [0, 0.05) is 55.4 Å². The minimum absolute atomic E-state index is 0.00601. The molecule has 1 saturated heterocycles. The Labute approximate surface area is 209 Å². The molecular formula is C24H25Cl2N4O3S. The van der Waals surface area contributed by atoms with Crippen molar-refractivity contribution in [2.24, 2.45) is 0 Å². The highest BCUT2D eigenvalue weighted by atomic mass is 35.5. The molecule has 34 heavy (non-hydrogen) atoms. The number of piperazine rings is 1. The van der Waals surface area contributed by atoms with Crippen LogP contribution in [-0.2, 0) is 23.0 Å². The highest BCUT2D eigenvalue weighted by Crippen LogP contribution is 2.34. The van der Waals surface area contributed by atoms with E-state index in [-0.39, 0.29) is 29.0 Å². The first-order valence-corrected chi connectivity index (χ1v) is 13.3. The zero-order chi connectivity index (χ0) is 24.0. The van der Waals surface area contributed by atoms with Crippen LogP contribution in [0.25, 0.3) is 0 Å². The van der Waals surface area contributed by atoms with Gasteiger partial charge in [0.25, 0.3) is 0 Å². The third-order valence-electron chi connectivity index (χ3n) is 6.46. The number of rotatable bonds is 4. The van der Waals surface area contributed by atoms with Crippen molar-refractivity contribution in [3.63, 3.8) is 0 Å². The van der Waals surface area contributed by atoms with Crippen LogP contribution in [0.4, 0.5) is 5.69 Å². The van der Waals surface area contributed by atoms with Crippen LogP contribution in [0.2, 0.25) is 10.0 Å². The molecule has 10 heteroatoms. The summed E-state index contributed by atoms with van der Waals surface area (Å²) in [6.45, 7) is 6.80. The van der Waals surface area contributed by atoms with Crippen molar-refractivity contribution in [1.82, 2.24) is 14.8 Å². The SMILES string of the molecule is Cc1ccc(N2CC[N]C(c3noc4c3CN(S(=O)(=O)c3cc(Cl)ccc3Cl)CC4)C2)c(C)c1. The summed E-state index contributed by atoms with van der Waals surface area (Å²) in [5.74, 6) is 0.720. The molecule has 3 aromatic rings. The van der Waals surface area contributed by atoms with Crippen molar-refractivity contribution in [3.05, 3.63) is 74.6 Å². The molecule has 1 aromatic heterocycles. The molecule has 3 heterocycles. The van der Waals surface area contributed by atoms with Gasteiger partial charge in [-0.3, -0.25) is 0 Å². The van der Waals surface area contributed by atoms with E-state index in [0.717, 1.165) is 17.9 Å². The van der Waals surface area contributed by atoms with Crippen LogP contribution in [0.1, 0.15) is 34.2 Å². The van der Waals surface area contributed by atoms with Gasteiger partial charge in [-0.1, -0.05) is 46.1 Å². The van der Waals surface area contributed by atoms with Gasteiger partial charge < -0.3 is 9.42 Å². The highest BCUT2D eigenvalue weighted by molar-refractivity contribution is 7.89. The zero-order valence-corrected chi connectivity index (χ0v) is 21.3. The summed E-state index contributed by atoms with van der Waals surface area (Å²) in [6.07, 6.45) is 0.438. The molecule has 1 radical (unpaired) electrons. The first-order valence-electron chi connectivity index (χ1n) is 11.2. The summed E-state index contributed by atoms with van der Waals surface area (Å²) in [6, 6.07) is 10.7. The number of hydrogen-bond donors (Lipinski definition) is 0. The number of anilines is 1. The fourth-order valence-corrected chi connectivity index (χ4v) is 6.88. The number of halogens is 2. The van der Waals surface area contributed by atoms with Crippen LogP contribution in [0, 0.1) is 13.8 Å². The second-order valence-electron chi connectivity index (χ2n) is 8.79. The minimum Gasteiger partial charge on any atom is -0.368 e. The maximum absolute atomic E-state index is 13.4. The monoisotopic (exact) mass is 519 g/mol. The number of sulfonamides is 1. The first-order chi connectivity index (χ1) is 16.2. The van der Waals surface area contributed by atoms with E-state index in [0.29, 0.717) is 30.2 Å². The predicted molar refractivity (Wildman–Crippen MR) is 132 cm³/mol. The lowest BCUT2D eigenvalue weighted by Crippen LogP contribution is -2.43. The molecule has 1 fully saturated rings. The van der Waals surface area contributed by atoms with Crippen molar-refractivity contribution >= 4 is 38.9 Å². The second-order valence-corrected chi connectivity index (χ2v) is 11.5. The largest absolute Gasteiger partial charge is 0.368 e. The molecule has 2 aliphatic heterocycles. The number of aryl methyl sites for hydroxylation is 2. The Morgan fingerprint density at radius 3 is 2.71 bits per heavy atom. The average Bonchev–Trinajstić information content (AvgIpc) is 3.24. The third-order valence-corrected chi connectivity index (χ3v) is 9.02. The number of nitrogens with zero attached hydrogens (tertiary/aromatic N) is 4. The Balaban J connectivity index is 1.41. The van der Waals surface area contributed by atoms with E-state index >= 15 is 0 Å². The lowest BCUT2D eigenvalue weighted by Gasteiger charge is -2.35. The maximum atomic E-state index is 13.4. The molecule has 0 saturated carbocycles. The van der Waals surface area contributed by atoms with Gasteiger partial charge in [-0.2, -0.15) is 4.31 Å². The maximum Gasteiger partial charge on any atom is 0.244 e. The van der Waals surface area contributed by atoms with Gasteiger partial charge in [0.1, 0.15) is 16.3 Å². The van der Waals surface area contributed by atoms with E-state index in [4.69, 9.17) is 33.0 Å². The molecule has 179 valence electrons. The predicted octanol–water partition coefficient (Wildman–Crippen LogP) is 4.51. The van der Waals surface area contributed by atoms with Crippen molar-refractivity contribution in [2.75, 3.05) is 31.1 Å². The van der Waals surface area contributed by atoms with Gasteiger partial charge in [-0.05, 0) is 43.7 Å². The molecule has 0 N–H and O–H groups in total. The zero-order valence-electron chi connectivity index (χ0n) is 19.0. The van der Waals surface area contributed by atoms with Crippen LogP contribution < -0.4 is 10.2 Å². The lowest BCUT2D eigenvalue weighted by atomic mass is 10.0. The molecule has 5 rings (SSSR count). The molecule has 0 amide bonds. The second kappa shape index (κ2) is 9.17. The molecule has 1 unspecified atom stereocenters. The summed E-state index contributed by atoms with van der Waals surface area (Å²) < 4.78 is 33.8. The first kappa shape index (κ1) is 23.6. The minimum atomic E-state index is -3.84. The van der Waals surface area contributed by atoms with Gasteiger partial charge in [0.2, 0.25) is 10.0 Å². The molecule has 2 aromatic carbocycles. The number of aromatic nitrogens is 1. The third kappa shape index (κ3) is 4.33. The molecule has 0 aliphatic carbocycles. The van der Waals surface area contributed by atoms with Crippen LogP contribution in [-0.4, -0.2) is 44.1 Å². The molecule has 1 atom stereocenters. The van der Waals surface area contributed by atoms with Crippen molar-refractivity contribution in [2.45, 2.75) is 37.8 Å². The van der Waals surface area contributed by atoms with Gasteiger partial charge >= 0.3 is 0 Å². The summed E-state index contributed by atoms with van der Waals surface area (Å²) in [5, 5.41) is 9.61. The summed E-state index contributed by atoms with van der Waals surface area (Å²) in [7, 11) is -3.84. The van der Waals surface area contributed by atoms with Gasteiger partial charge in [0.05, 0.1) is 11.1 Å². The van der Waals surface area contributed by atoms with E-state index in [1.54, 1.807) is 6.07 Å². The Bertz CT molecular complexity index is 1340. The Morgan fingerprint density at radius 2 is 1.91 bits per heavy atom. The van der Waals surface area contributed by atoms with Gasteiger partial charge in [0.15, 0.2) is 0 Å². The Hall–Kier alpha value is -2.10.